The number of esters is 1. The predicted molar refractivity (Wildman–Crippen MR) is 141 cm³/mol. The number of hydrogen-bond donors (Lipinski definition) is 0. The number of likely N-dealkylation sites (tertiary alicyclic amines) is 1. The van der Waals surface area contributed by atoms with E-state index in [9.17, 15) is 9.59 Å². The number of carbonyl (C=O) groups is 2. The lowest BCUT2D eigenvalue weighted by atomic mass is 9.97. The van der Waals surface area contributed by atoms with Gasteiger partial charge in [0.15, 0.2) is 5.16 Å². The van der Waals surface area contributed by atoms with Crippen LogP contribution in [0.4, 0.5) is 5.82 Å². The summed E-state index contributed by atoms with van der Waals surface area (Å²) in [6, 6.07) is 9.24. The SMILES string of the molecule is C=CCN(CC=C)c1cc(Cl)nc(SCc2ccc(C(=O)N3CCCC(C(=O)OCC)C3)cc2)n1. The highest BCUT2D eigenvalue weighted by Crippen LogP contribution is 2.25. The topological polar surface area (TPSA) is 75.6 Å². The normalized spacial score (nSPS) is 15.4. The van der Waals surface area contributed by atoms with Gasteiger partial charge in [0.1, 0.15) is 11.0 Å². The largest absolute Gasteiger partial charge is 0.466 e. The highest BCUT2D eigenvalue weighted by atomic mass is 35.5. The molecule has 1 aliphatic rings. The van der Waals surface area contributed by atoms with Gasteiger partial charge in [0, 0.05) is 43.6 Å². The second-order valence-corrected chi connectivity index (χ2v) is 9.47. The maximum atomic E-state index is 13.0. The second kappa shape index (κ2) is 13.3. The molecule has 186 valence electrons. The van der Waals surface area contributed by atoms with Crippen LogP contribution in [0.3, 0.4) is 0 Å². The third kappa shape index (κ3) is 7.57. The van der Waals surface area contributed by atoms with E-state index in [-0.39, 0.29) is 17.8 Å². The van der Waals surface area contributed by atoms with Crippen LogP contribution >= 0.6 is 23.4 Å². The van der Waals surface area contributed by atoms with Gasteiger partial charge in [-0.2, -0.15) is 0 Å². The molecule has 1 aromatic heterocycles. The zero-order chi connectivity index (χ0) is 25.2. The number of carbonyl (C=O) groups excluding carboxylic acids is 2. The summed E-state index contributed by atoms with van der Waals surface area (Å²) in [4.78, 5) is 37.8. The van der Waals surface area contributed by atoms with Crippen molar-refractivity contribution in [3.8, 4) is 0 Å². The summed E-state index contributed by atoms with van der Waals surface area (Å²) in [5.41, 5.74) is 1.64. The molecule has 1 fully saturated rings. The van der Waals surface area contributed by atoms with Crippen LogP contribution in [0, 0.1) is 5.92 Å². The Morgan fingerprint density at radius 2 is 1.94 bits per heavy atom. The molecule has 1 aliphatic heterocycles. The number of rotatable bonds is 11. The van der Waals surface area contributed by atoms with Crippen molar-refractivity contribution < 1.29 is 14.3 Å². The van der Waals surface area contributed by atoms with Gasteiger partial charge < -0.3 is 14.5 Å². The Labute approximate surface area is 216 Å². The Hall–Kier alpha value is -2.84. The van der Waals surface area contributed by atoms with Gasteiger partial charge in [-0.1, -0.05) is 47.6 Å². The smallest absolute Gasteiger partial charge is 0.310 e. The maximum absolute atomic E-state index is 13.0. The molecule has 3 rings (SSSR count). The number of aromatic nitrogens is 2. The number of anilines is 1. The van der Waals surface area contributed by atoms with Crippen LogP contribution in [0.1, 0.15) is 35.7 Å². The van der Waals surface area contributed by atoms with Crippen LogP contribution in [0.2, 0.25) is 5.15 Å². The molecule has 35 heavy (non-hydrogen) atoms. The summed E-state index contributed by atoms with van der Waals surface area (Å²) >= 11 is 7.71. The van der Waals surface area contributed by atoms with Crippen LogP contribution in [0.15, 0.2) is 60.8 Å². The summed E-state index contributed by atoms with van der Waals surface area (Å²) < 4.78 is 5.14. The van der Waals surface area contributed by atoms with Crippen LogP contribution in [-0.4, -0.2) is 59.5 Å². The molecule has 0 radical (unpaired) electrons. The molecule has 0 spiro atoms. The molecule has 7 nitrogen and oxygen atoms in total. The van der Waals surface area contributed by atoms with Gasteiger partial charge >= 0.3 is 5.97 Å². The zero-order valence-electron chi connectivity index (χ0n) is 20.0. The van der Waals surface area contributed by atoms with Crippen molar-refractivity contribution in [2.75, 3.05) is 37.7 Å². The number of halogens is 1. The molecule has 0 bridgehead atoms. The molecule has 1 amide bonds. The number of nitrogens with zero attached hydrogens (tertiary/aromatic N) is 4. The Bertz CT molecular complexity index is 1040. The number of ether oxygens (including phenoxy) is 1. The number of piperidine rings is 1. The van der Waals surface area contributed by atoms with Crippen molar-refractivity contribution in [1.29, 1.82) is 0 Å². The van der Waals surface area contributed by atoms with Crippen LogP contribution < -0.4 is 4.90 Å². The first kappa shape index (κ1) is 26.8. The maximum Gasteiger partial charge on any atom is 0.310 e. The average molecular weight is 515 g/mol. The standard InChI is InChI=1S/C26H31ClN4O3S/c1-4-13-30(14-5-2)23-16-22(27)28-26(29-23)35-18-19-9-11-20(12-10-19)24(32)31-15-7-8-21(17-31)25(33)34-6-3/h4-5,9-12,16,21H,1-2,6-8,13-15,17-18H2,3H3. The number of hydrogen-bond acceptors (Lipinski definition) is 7. The van der Waals surface area contributed by atoms with E-state index in [0.29, 0.717) is 54.4 Å². The van der Waals surface area contributed by atoms with Crippen molar-refractivity contribution in [2.24, 2.45) is 5.92 Å². The van der Waals surface area contributed by atoms with Gasteiger partial charge in [0.2, 0.25) is 0 Å². The second-order valence-electron chi connectivity index (χ2n) is 8.14. The van der Waals surface area contributed by atoms with Gasteiger partial charge in [-0.25, -0.2) is 9.97 Å². The molecule has 2 aromatic rings. The summed E-state index contributed by atoms with van der Waals surface area (Å²) in [6.07, 6.45) is 5.15. The molecule has 9 heteroatoms. The first-order valence-corrected chi connectivity index (χ1v) is 13.0. The summed E-state index contributed by atoms with van der Waals surface area (Å²) in [6.45, 7) is 12.0. The molecular weight excluding hydrogens is 484 g/mol. The molecule has 1 atom stereocenters. The third-order valence-electron chi connectivity index (χ3n) is 5.58. The van der Waals surface area contributed by atoms with E-state index in [2.05, 4.69) is 23.1 Å². The predicted octanol–water partition coefficient (Wildman–Crippen LogP) is 5.02. The van der Waals surface area contributed by atoms with Crippen molar-refractivity contribution in [1.82, 2.24) is 14.9 Å². The van der Waals surface area contributed by atoms with Crippen molar-refractivity contribution in [3.63, 3.8) is 0 Å². The third-order valence-corrected chi connectivity index (χ3v) is 6.69. The van der Waals surface area contributed by atoms with Gasteiger partial charge in [-0.05, 0) is 37.5 Å². The highest BCUT2D eigenvalue weighted by molar-refractivity contribution is 7.98. The van der Waals surface area contributed by atoms with Gasteiger partial charge in [-0.15, -0.1) is 13.2 Å². The van der Waals surface area contributed by atoms with E-state index in [4.69, 9.17) is 16.3 Å². The monoisotopic (exact) mass is 514 g/mol. The zero-order valence-corrected chi connectivity index (χ0v) is 21.6. The van der Waals surface area contributed by atoms with Crippen molar-refractivity contribution in [3.05, 3.63) is 71.9 Å². The number of benzene rings is 1. The first-order valence-electron chi connectivity index (χ1n) is 11.6. The minimum Gasteiger partial charge on any atom is -0.466 e. The lowest BCUT2D eigenvalue weighted by molar-refractivity contribution is -0.149. The van der Waals surface area contributed by atoms with Crippen LogP contribution in [-0.2, 0) is 15.3 Å². The van der Waals surface area contributed by atoms with Crippen LogP contribution in [0.5, 0.6) is 0 Å². The lowest BCUT2D eigenvalue weighted by Gasteiger charge is -2.31. The van der Waals surface area contributed by atoms with Gasteiger partial charge in [0.25, 0.3) is 5.91 Å². The minimum atomic E-state index is -0.250. The van der Waals surface area contributed by atoms with E-state index in [1.54, 1.807) is 30.0 Å². The Kier molecular flexibility index (Phi) is 10.2. The van der Waals surface area contributed by atoms with E-state index in [1.165, 1.54) is 11.8 Å². The lowest BCUT2D eigenvalue weighted by Crippen LogP contribution is -2.42. The first-order chi connectivity index (χ1) is 16.9. The Morgan fingerprint density at radius 1 is 1.23 bits per heavy atom. The number of thioether (sulfide) groups is 1. The van der Waals surface area contributed by atoms with E-state index < -0.39 is 0 Å². The van der Waals surface area contributed by atoms with E-state index in [0.717, 1.165) is 24.2 Å². The minimum absolute atomic E-state index is 0.0643. The molecule has 0 N–H and O–H groups in total. The fraction of sp³-hybridized carbons (Fsp3) is 0.385. The number of amides is 1. The van der Waals surface area contributed by atoms with Crippen molar-refractivity contribution >= 4 is 41.1 Å². The van der Waals surface area contributed by atoms with Gasteiger partial charge in [-0.3, -0.25) is 9.59 Å². The van der Waals surface area contributed by atoms with Crippen LogP contribution in [0.25, 0.3) is 0 Å². The van der Waals surface area contributed by atoms with E-state index >= 15 is 0 Å². The molecule has 1 aromatic carbocycles. The fourth-order valence-electron chi connectivity index (χ4n) is 3.87. The summed E-state index contributed by atoms with van der Waals surface area (Å²) in [5, 5.41) is 0.948. The molecule has 2 heterocycles. The van der Waals surface area contributed by atoms with E-state index in [1.807, 2.05) is 29.2 Å². The Morgan fingerprint density at radius 3 is 2.60 bits per heavy atom. The fourth-order valence-corrected chi connectivity index (χ4v) is 4.91. The molecule has 0 saturated carbocycles. The average Bonchev–Trinajstić information content (AvgIpc) is 2.87. The summed E-state index contributed by atoms with van der Waals surface area (Å²) in [5.74, 6) is 0.813. The molecular formula is C26H31ClN4O3S. The summed E-state index contributed by atoms with van der Waals surface area (Å²) in [7, 11) is 0. The molecule has 1 saturated heterocycles. The quantitative estimate of drug-likeness (QED) is 0.137. The molecule has 1 unspecified atom stereocenters. The molecule has 0 aliphatic carbocycles. The van der Waals surface area contributed by atoms with Gasteiger partial charge in [0.05, 0.1) is 12.5 Å². The highest BCUT2D eigenvalue weighted by Gasteiger charge is 2.29. The Balaban J connectivity index is 1.62. The van der Waals surface area contributed by atoms with Crippen molar-refractivity contribution in [2.45, 2.75) is 30.7 Å².